The molecule has 4 aromatic rings. The van der Waals surface area contributed by atoms with Gasteiger partial charge in [0.1, 0.15) is 0 Å². The number of likely N-dealkylation sites (N-methyl/N-ethyl adjacent to an activating group) is 1. The molecule has 35 heavy (non-hydrogen) atoms. The highest BCUT2D eigenvalue weighted by molar-refractivity contribution is 5.95. The van der Waals surface area contributed by atoms with Crippen LogP contribution in [0.25, 0.3) is 33.4 Å². The second kappa shape index (κ2) is 9.09. The van der Waals surface area contributed by atoms with Gasteiger partial charge in [0, 0.05) is 79.6 Å². The quantitative estimate of drug-likeness (QED) is 0.481. The van der Waals surface area contributed by atoms with Gasteiger partial charge in [-0.05, 0) is 63.1 Å². The van der Waals surface area contributed by atoms with Gasteiger partial charge in [0.05, 0.1) is 17.9 Å². The van der Waals surface area contributed by atoms with E-state index in [9.17, 15) is 0 Å². The van der Waals surface area contributed by atoms with Crippen molar-refractivity contribution in [1.29, 1.82) is 0 Å². The highest BCUT2D eigenvalue weighted by Crippen LogP contribution is 2.34. The maximum absolute atomic E-state index is 5.51. The molecular formula is C27H33N7O. The summed E-state index contributed by atoms with van der Waals surface area (Å²) in [7, 11) is 2.19. The lowest BCUT2D eigenvalue weighted by Gasteiger charge is -2.36. The number of rotatable bonds is 4. The Morgan fingerprint density at radius 1 is 0.943 bits per heavy atom. The average Bonchev–Trinajstić information content (AvgIpc) is 3.52. The number of fused-ring (bicyclic) bond motifs is 1. The lowest BCUT2D eigenvalue weighted by atomic mass is 9.99. The summed E-state index contributed by atoms with van der Waals surface area (Å²) in [6.45, 7) is 10.4. The Balaban J connectivity index is 1.32. The van der Waals surface area contributed by atoms with Crippen LogP contribution in [0.4, 0.5) is 5.69 Å². The minimum absolute atomic E-state index is 0.405. The number of nitrogens with one attached hydrogen (secondary N) is 1. The minimum Gasteiger partial charge on any atom is -0.381 e. The lowest BCUT2D eigenvalue weighted by Crippen LogP contribution is -2.45. The van der Waals surface area contributed by atoms with Crippen LogP contribution in [0.5, 0.6) is 0 Å². The van der Waals surface area contributed by atoms with Gasteiger partial charge in [0.15, 0.2) is 5.65 Å². The highest BCUT2D eigenvalue weighted by atomic mass is 16.5. The van der Waals surface area contributed by atoms with Crippen molar-refractivity contribution in [1.82, 2.24) is 29.9 Å². The Kier molecular flexibility index (Phi) is 5.78. The summed E-state index contributed by atoms with van der Waals surface area (Å²) in [5, 5.41) is 14.8. The Hall–Kier alpha value is -3.23. The maximum Gasteiger partial charge on any atom is 0.160 e. The highest BCUT2D eigenvalue weighted by Gasteiger charge is 2.20. The van der Waals surface area contributed by atoms with E-state index in [1.807, 2.05) is 12.4 Å². The van der Waals surface area contributed by atoms with Crippen LogP contribution in [-0.2, 0) is 4.74 Å². The third-order valence-corrected chi connectivity index (χ3v) is 7.52. The number of piperazine rings is 1. The van der Waals surface area contributed by atoms with E-state index in [0.29, 0.717) is 6.04 Å². The lowest BCUT2D eigenvalue weighted by molar-refractivity contribution is 0.0662. The smallest absolute Gasteiger partial charge is 0.160 e. The number of hydrogen-bond donors (Lipinski definition) is 1. The van der Waals surface area contributed by atoms with Crippen molar-refractivity contribution < 1.29 is 4.74 Å². The van der Waals surface area contributed by atoms with Crippen LogP contribution < -0.4 is 4.90 Å². The molecule has 8 heteroatoms. The molecule has 2 aliphatic rings. The molecule has 1 aromatic carbocycles. The molecule has 182 valence electrons. The van der Waals surface area contributed by atoms with E-state index in [1.54, 1.807) is 0 Å². The maximum atomic E-state index is 5.51. The summed E-state index contributed by atoms with van der Waals surface area (Å²) in [5.41, 5.74) is 8.95. The molecule has 2 fully saturated rings. The van der Waals surface area contributed by atoms with Crippen LogP contribution in [-0.4, -0.2) is 76.3 Å². The molecule has 0 amide bonds. The number of hydrogen-bond acceptors (Lipinski definition) is 6. The van der Waals surface area contributed by atoms with Crippen molar-refractivity contribution in [3.8, 4) is 22.4 Å². The first-order valence-electron chi connectivity index (χ1n) is 12.6. The molecule has 0 unspecified atom stereocenters. The molecule has 1 N–H and O–H groups in total. The monoisotopic (exact) mass is 471 g/mol. The molecule has 0 spiro atoms. The summed E-state index contributed by atoms with van der Waals surface area (Å²) < 4.78 is 7.60. The van der Waals surface area contributed by atoms with Crippen LogP contribution in [0, 0.1) is 13.8 Å². The van der Waals surface area contributed by atoms with Gasteiger partial charge in [-0.2, -0.15) is 5.10 Å². The van der Waals surface area contributed by atoms with Gasteiger partial charge in [0.2, 0.25) is 0 Å². The van der Waals surface area contributed by atoms with Gasteiger partial charge in [0.25, 0.3) is 0 Å². The van der Waals surface area contributed by atoms with Crippen molar-refractivity contribution in [3.05, 3.63) is 47.9 Å². The Morgan fingerprint density at radius 2 is 1.69 bits per heavy atom. The first-order chi connectivity index (χ1) is 17.1. The first kappa shape index (κ1) is 22.2. The zero-order valence-corrected chi connectivity index (χ0v) is 20.8. The zero-order chi connectivity index (χ0) is 23.9. The fourth-order valence-corrected chi connectivity index (χ4v) is 5.56. The third-order valence-electron chi connectivity index (χ3n) is 7.52. The van der Waals surface area contributed by atoms with Gasteiger partial charge in [-0.1, -0.05) is 0 Å². The van der Waals surface area contributed by atoms with Crippen molar-refractivity contribution in [2.45, 2.75) is 32.7 Å². The SMILES string of the molecule is Cc1cc(-c2cc3c(-c4cnn(C5CCOCC5)c4)c[nH]c3nn2)cc(C)c1N1CCN(C)CC1. The number of aromatic nitrogens is 5. The zero-order valence-electron chi connectivity index (χ0n) is 20.8. The van der Waals surface area contributed by atoms with E-state index in [1.165, 1.54) is 16.8 Å². The molecule has 0 aliphatic carbocycles. The number of benzene rings is 1. The van der Waals surface area contributed by atoms with E-state index >= 15 is 0 Å². The molecule has 2 saturated heterocycles. The Morgan fingerprint density at radius 3 is 2.43 bits per heavy atom. The minimum atomic E-state index is 0.405. The van der Waals surface area contributed by atoms with Crippen LogP contribution in [0.1, 0.15) is 30.0 Å². The van der Waals surface area contributed by atoms with Gasteiger partial charge < -0.3 is 19.5 Å². The van der Waals surface area contributed by atoms with Gasteiger partial charge in [-0.25, -0.2) is 0 Å². The molecule has 0 radical (unpaired) electrons. The normalized spacial score (nSPS) is 18.0. The average molecular weight is 472 g/mol. The number of nitrogens with zero attached hydrogens (tertiary/aromatic N) is 6. The summed E-state index contributed by atoms with van der Waals surface area (Å²) in [6.07, 6.45) is 8.14. The number of anilines is 1. The van der Waals surface area contributed by atoms with Gasteiger partial charge >= 0.3 is 0 Å². The third kappa shape index (κ3) is 4.21. The molecular weight excluding hydrogens is 438 g/mol. The standard InChI is InChI=1S/C27H33N7O/c1-18-12-20(13-19(2)26(18)33-8-6-32(3)7-9-33)25-14-23-24(16-28-27(23)31-30-25)21-15-29-34(17-21)22-4-10-35-11-5-22/h12-17,22H,4-11H2,1-3H3,(H,28,31). The van der Waals surface area contributed by atoms with Crippen LogP contribution in [0.3, 0.4) is 0 Å². The Bertz CT molecular complexity index is 1320. The molecule has 2 aliphatic heterocycles. The summed E-state index contributed by atoms with van der Waals surface area (Å²) >= 11 is 0. The van der Waals surface area contributed by atoms with E-state index in [2.05, 4.69) is 80.1 Å². The van der Waals surface area contributed by atoms with Gasteiger partial charge in [-0.3, -0.25) is 4.68 Å². The summed E-state index contributed by atoms with van der Waals surface area (Å²) in [4.78, 5) is 8.20. The van der Waals surface area contributed by atoms with E-state index in [4.69, 9.17) is 4.74 Å². The number of H-pyrrole nitrogens is 1. The van der Waals surface area contributed by atoms with Crippen molar-refractivity contribution in [3.63, 3.8) is 0 Å². The van der Waals surface area contributed by atoms with Crippen molar-refractivity contribution in [2.24, 2.45) is 0 Å². The number of aromatic amines is 1. The van der Waals surface area contributed by atoms with Crippen LogP contribution in [0.2, 0.25) is 0 Å². The number of ether oxygens (including phenoxy) is 1. The van der Waals surface area contributed by atoms with E-state index in [0.717, 1.165) is 85.7 Å². The predicted octanol–water partition coefficient (Wildman–Crippen LogP) is 4.21. The first-order valence-corrected chi connectivity index (χ1v) is 12.6. The summed E-state index contributed by atoms with van der Waals surface area (Å²) in [6, 6.07) is 7.07. The van der Waals surface area contributed by atoms with Gasteiger partial charge in [-0.15, -0.1) is 10.2 Å². The molecule has 0 atom stereocenters. The molecule has 0 bridgehead atoms. The van der Waals surface area contributed by atoms with Crippen molar-refractivity contribution in [2.75, 3.05) is 51.3 Å². The fraction of sp³-hybridized carbons (Fsp3) is 0.444. The van der Waals surface area contributed by atoms with Crippen LogP contribution >= 0.6 is 0 Å². The van der Waals surface area contributed by atoms with Crippen LogP contribution in [0.15, 0.2) is 36.8 Å². The van der Waals surface area contributed by atoms with E-state index < -0.39 is 0 Å². The second-order valence-corrected chi connectivity index (χ2v) is 10.00. The number of aryl methyl sites for hydroxylation is 2. The molecule has 8 nitrogen and oxygen atoms in total. The largest absolute Gasteiger partial charge is 0.381 e. The molecule has 0 saturated carbocycles. The molecule has 5 heterocycles. The molecule has 3 aromatic heterocycles. The molecule has 6 rings (SSSR count). The summed E-state index contributed by atoms with van der Waals surface area (Å²) in [5.74, 6) is 0. The topological polar surface area (TPSA) is 75.1 Å². The predicted molar refractivity (Wildman–Crippen MR) is 139 cm³/mol. The van der Waals surface area contributed by atoms with Crippen molar-refractivity contribution >= 4 is 16.7 Å². The Labute approximate surface area is 205 Å². The second-order valence-electron chi connectivity index (χ2n) is 10.00. The fourth-order valence-electron chi connectivity index (χ4n) is 5.56. The van der Waals surface area contributed by atoms with E-state index in [-0.39, 0.29) is 0 Å².